The van der Waals surface area contributed by atoms with E-state index in [2.05, 4.69) is 27.2 Å². The molecule has 1 aromatic heterocycles. The van der Waals surface area contributed by atoms with Crippen LogP contribution in [0.5, 0.6) is 0 Å². The number of primary amides is 1. The van der Waals surface area contributed by atoms with E-state index in [0.29, 0.717) is 25.0 Å². The van der Waals surface area contributed by atoms with Crippen molar-refractivity contribution < 1.29 is 4.79 Å². The maximum absolute atomic E-state index is 11.4. The van der Waals surface area contributed by atoms with Crippen molar-refractivity contribution in [3.05, 3.63) is 5.28 Å². The first-order valence-electron chi connectivity index (χ1n) is 6.72. The maximum Gasteiger partial charge on any atom is 0.231 e. The third-order valence-corrected chi connectivity index (χ3v) is 3.64. The second-order valence-corrected chi connectivity index (χ2v) is 5.27. The Hall–Kier alpha value is -1.63. The van der Waals surface area contributed by atoms with Gasteiger partial charge in [0.25, 0.3) is 0 Å². The first kappa shape index (κ1) is 14.8. The van der Waals surface area contributed by atoms with Gasteiger partial charge in [-0.2, -0.15) is 15.0 Å². The Morgan fingerprint density at radius 2 is 2.20 bits per heavy atom. The molecule has 2 unspecified atom stereocenters. The van der Waals surface area contributed by atoms with Crippen molar-refractivity contribution in [1.29, 1.82) is 0 Å². The van der Waals surface area contributed by atoms with Crippen molar-refractivity contribution in [1.82, 2.24) is 15.0 Å². The number of anilines is 2. The SMILES string of the molecule is CCNc1nc(Cl)nc(N2CC(C(N)=O)CCC2C)n1. The summed E-state index contributed by atoms with van der Waals surface area (Å²) in [6.07, 6.45) is 1.67. The fourth-order valence-electron chi connectivity index (χ4n) is 2.32. The average molecular weight is 299 g/mol. The van der Waals surface area contributed by atoms with E-state index < -0.39 is 0 Å². The third-order valence-electron chi connectivity index (χ3n) is 3.47. The van der Waals surface area contributed by atoms with Gasteiger partial charge in [-0.1, -0.05) is 0 Å². The quantitative estimate of drug-likeness (QED) is 0.862. The van der Waals surface area contributed by atoms with E-state index in [1.165, 1.54) is 0 Å². The summed E-state index contributed by atoms with van der Waals surface area (Å²) < 4.78 is 0. The zero-order chi connectivity index (χ0) is 14.7. The standard InChI is InChI=1S/C12H19ClN6O/c1-3-15-11-16-10(13)17-12(18-11)19-6-8(9(14)20)5-4-7(19)2/h7-8H,3-6H2,1-2H3,(H2,14,20)(H,15,16,17,18). The lowest BCUT2D eigenvalue weighted by atomic mass is 9.93. The molecule has 20 heavy (non-hydrogen) atoms. The summed E-state index contributed by atoms with van der Waals surface area (Å²) in [5, 5.41) is 3.15. The van der Waals surface area contributed by atoms with Crippen molar-refractivity contribution in [3.8, 4) is 0 Å². The molecule has 7 nitrogen and oxygen atoms in total. The van der Waals surface area contributed by atoms with Gasteiger partial charge in [-0.25, -0.2) is 0 Å². The van der Waals surface area contributed by atoms with Crippen LogP contribution in [-0.2, 0) is 4.79 Å². The average Bonchev–Trinajstić information content (AvgIpc) is 2.38. The number of aromatic nitrogens is 3. The summed E-state index contributed by atoms with van der Waals surface area (Å²) in [5.74, 6) is 0.466. The second-order valence-electron chi connectivity index (χ2n) is 4.94. The van der Waals surface area contributed by atoms with Crippen LogP contribution in [0.1, 0.15) is 26.7 Å². The number of amides is 1. The van der Waals surface area contributed by atoms with Gasteiger partial charge in [-0.05, 0) is 38.3 Å². The molecular weight excluding hydrogens is 280 g/mol. The topological polar surface area (TPSA) is 97.0 Å². The Kier molecular flexibility index (Phi) is 4.59. The summed E-state index contributed by atoms with van der Waals surface area (Å²) in [6, 6.07) is 0.235. The van der Waals surface area contributed by atoms with E-state index in [1.807, 2.05) is 11.8 Å². The molecule has 1 amide bonds. The predicted molar refractivity (Wildman–Crippen MR) is 77.7 cm³/mol. The van der Waals surface area contributed by atoms with Gasteiger partial charge >= 0.3 is 0 Å². The Labute approximate surface area is 122 Å². The summed E-state index contributed by atoms with van der Waals surface area (Å²) >= 11 is 5.93. The largest absolute Gasteiger partial charge is 0.369 e. The Balaban J connectivity index is 2.26. The number of carbonyl (C=O) groups is 1. The number of nitrogens with two attached hydrogens (primary N) is 1. The molecule has 2 heterocycles. The van der Waals surface area contributed by atoms with Crippen molar-refractivity contribution in [3.63, 3.8) is 0 Å². The molecule has 1 aliphatic heterocycles. The van der Waals surface area contributed by atoms with Crippen LogP contribution in [0.3, 0.4) is 0 Å². The molecular formula is C12H19ClN6O. The van der Waals surface area contributed by atoms with Crippen LogP contribution in [0.15, 0.2) is 0 Å². The van der Waals surface area contributed by atoms with Crippen molar-refractivity contribution in [2.75, 3.05) is 23.3 Å². The summed E-state index contributed by atoms with van der Waals surface area (Å²) in [5.41, 5.74) is 5.40. The molecule has 1 fully saturated rings. The van der Waals surface area contributed by atoms with Crippen LogP contribution in [-0.4, -0.2) is 40.0 Å². The highest BCUT2D eigenvalue weighted by atomic mass is 35.5. The highest BCUT2D eigenvalue weighted by Crippen LogP contribution is 2.26. The zero-order valence-electron chi connectivity index (χ0n) is 11.6. The molecule has 0 aliphatic carbocycles. The fraction of sp³-hybridized carbons (Fsp3) is 0.667. The number of hydrogen-bond donors (Lipinski definition) is 2. The molecule has 2 atom stereocenters. The Morgan fingerprint density at radius 3 is 2.85 bits per heavy atom. The van der Waals surface area contributed by atoms with E-state index >= 15 is 0 Å². The molecule has 1 saturated heterocycles. The van der Waals surface area contributed by atoms with Crippen LogP contribution >= 0.6 is 11.6 Å². The lowest BCUT2D eigenvalue weighted by Gasteiger charge is -2.36. The fourth-order valence-corrected chi connectivity index (χ4v) is 2.48. The summed E-state index contributed by atoms with van der Waals surface area (Å²) in [6.45, 7) is 5.23. The molecule has 3 N–H and O–H groups in total. The van der Waals surface area contributed by atoms with Gasteiger partial charge in [0.1, 0.15) is 0 Å². The Morgan fingerprint density at radius 1 is 1.45 bits per heavy atom. The maximum atomic E-state index is 11.4. The van der Waals surface area contributed by atoms with Gasteiger partial charge in [0, 0.05) is 19.1 Å². The van der Waals surface area contributed by atoms with Gasteiger partial charge in [0.05, 0.1) is 5.92 Å². The van der Waals surface area contributed by atoms with Gasteiger partial charge in [-0.15, -0.1) is 0 Å². The molecule has 0 aromatic carbocycles. The summed E-state index contributed by atoms with van der Waals surface area (Å²) in [4.78, 5) is 25.9. The van der Waals surface area contributed by atoms with Crippen molar-refractivity contribution in [2.45, 2.75) is 32.7 Å². The molecule has 2 rings (SSSR count). The number of carbonyl (C=O) groups excluding carboxylic acids is 1. The number of nitrogens with one attached hydrogen (secondary N) is 1. The lowest BCUT2D eigenvalue weighted by molar-refractivity contribution is -0.122. The minimum atomic E-state index is -0.283. The van der Waals surface area contributed by atoms with Crippen LogP contribution in [0.2, 0.25) is 5.28 Å². The molecule has 0 saturated carbocycles. The first-order chi connectivity index (χ1) is 9.51. The minimum absolute atomic E-state index is 0.138. The van der Waals surface area contributed by atoms with E-state index in [-0.39, 0.29) is 23.2 Å². The predicted octanol–water partition coefficient (Wildman–Crippen LogP) is 1.05. The molecule has 1 aliphatic rings. The first-order valence-corrected chi connectivity index (χ1v) is 7.10. The summed E-state index contributed by atoms with van der Waals surface area (Å²) in [7, 11) is 0. The highest BCUT2D eigenvalue weighted by Gasteiger charge is 2.30. The number of nitrogens with zero attached hydrogens (tertiary/aromatic N) is 4. The van der Waals surface area contributed by atoms with E-state index in [4.69, 9.17) is 17.3 Å². The number of piperidine rings is 1. The number of hydrogen-bond acceptors (Lipinski definition) is 6. The molecule has 8 heteroatoms. The third kappa shape index (κ3) is 3.27. The van der Waals surface area contributed by atoms with Crippen molar-refractivity contribution in [2.24, 2.45) is 11.7 Å². The zero-order valence-corrected chi connectivity index (χ0v) is 12.4. The van der Waals surface area contributed by atoms with Gasteiger partial charge < -0.3 is 16.0 Å². The van der Waals surface area contributed by atoms with Crippen LogP contribution in [0.4, 0.5) is 11.9 Å². The van der Waals surface area contributed by atoms with Crippen LogP contribution in [0, 0.1) is 5.92 Å². The molecule has 0 radical (unpaired) electrons. The highest BCUT2D eigenvalue weighted by molar-refractivity contribution is 6.28. The van der Waals surface area contributed by atoms with E-state index in [1.54, 1.807) is 0 Å². The molecule has 1 aromatic rings. The van der Waals surface area contributed by atoms with Gasteiger partial charge in [-0.3, -0.25) is 4.79 Å². The van der Waals surface area contributed by atoms with Crippen LogP contribution < -0.4 is 16.0 Å². The number of halogens is 1. The number of rotatable bonds is 4. The monoisotopic (exact) mass is 298 g/mol. The van der Waals surface area contributed by atoms with Gasteiger partial charge in [0.2, 0.25) is 23.1 Å². The van der Waals surface area contributed by atoms with E-state index in [0.717, 1.165) is 12.8 Å². The van der Waals surface area contributed by atoms with Gasteiger partial charge in [0.15, 0.2) is 0 Å². The minimum Gasteiger partial charge on any atom is -0.369 e. The Bertz CT molecular complexity index is 497. The van der Waals surface area contributed by atoms with E-state index in [9.17, 15) is 4.79 Å². The second kappa shape index (κ2) is 6.21. The molecule has 0 spiro atoms. The normalized spacial score (nSPS) is 22.6. The molecule has 0 bridgehead atoms. The lowest BCUT2D eigenvalue weighted by Crippen LogP contribution is -2.46. The smallest absolute Gasteiger partial charge is 0.231 e. The molecule has 110 valence electrons. The van der Waals surface area contributed by atoms with Crippen LogP contribution in [0.25, 0.3) is 0 Å². The van der Waals surface area contributed by atoms with Crippen molar-refractivity contribution >= 4 is 29.4 Å².